The first-order valence-corrected chi connectivity index (χ1v) is 9.25. The van der Waals surface area contributed by atoms with Crippen LogP contribution >= 0.6 is 11.3 Å². The van der Waals surface area contributed by atoms with E-state index in [0.29, 0.717) is 35.2 Å². The zero-order valence-corrected chi connectivity index (χ0v) is 16.1. The van der Waals surface area contributed by atoms with Crippen molar-refractivity contribution >= 4 is 22.9 Å². The smallest absolute Gasteiger partial charge is 0.275 e. The number of hydrogen-bond acceptors (Lipinski definition) is 6. The standard InChI is InChI=1S/C20H20N2O4S/c1-4-26-16-8-6-5-7-14(16)21-19(23)15-12-27-20(22-15)13-9-10-17(24-2)18(11-13)25-3/h5-12H,4H2,1-3H3,(H,21,23). The molecule has 3 aromatic rings. The number of ether oxygens (including phenoxy) is 3. The minimum atomic E-state index is -0.287. The molecule has 0 fully saturated rings. The third kappa shape index (κ3) is 4.20. The van der Waals surface area contributed by atoms with Gasteiger partial charge < -0.3 is 19.5 Å². The number of nitrogens with one attached hydrogen (secondary N) is 1. The van der Waals surface area contributed by atoms with Crippen LogP contribution in [0, 0.1) is 0 Å². The number of benzene rings is 2. The Hall–Kier alpha value is -3.06. The Balaban J connectivity index is 1.81. The molecule has 1 amide bonds. The third-order valence-electron chi connectivity index (χ3n) is 3.80. The molecule has 0 saturated heterocycles. The highest BCUT2D eigenvalue weighted by Gasteiger charge is 2.15. The molecule has 0 aliphatic rings. The quantitative estimate of drug-likeness (QED) is 0.650. The molecule has 1 heterocycles. The summed E-state index contributed by atoms with van der Waals surface area (Å²) in [6.07, 6.45) is 0. The minimum Gasteiger partial charge on any atom is -0.493 e. The number of nitrogens with zero attached hydrogens (tertiary/aromatic N) is 1. The molecule has 0 bridgehead atoms. The van der Waals surface area contributed by atoms with E-state index < -0.39 is 0 Å². The molecule has 27 heavy (non-hydrogen) atoms. The van der Waals surface area contributed by atoms with E-state index in [4.69, 9.17) is 14.2 Å². The minimum absolute atomic E-state index is 0.287. The summed E-state index contributed by atoms with van der Waals surface area (Å²) in [7, 11) is 3.17. The number of aromatic nitrogens is 1. The predicted octanol–water partition coefficient (Wildman–Crippen LogP) is 4.48. The van der Waals surface area contributed by atoms with Crippen molar-refractivity contribution in [2.45, 2.75) is 6.92 Å². The molecule has 2 aromatic carbocycles. The number of rotatable bonds is 7. The van der Waals surface area contributed by atoms with Crippen molar-refractivity contribution in [3.8, 4) is 27.8 Å². The number of carbonyl (C=O) groups excluding carboxylic acids is 1. The van der Waals surface area contributed by atoms with Crippen molar-refractivity contribution in [2.75, 3.05) is 26.1 Å². The van der Waals surface area contributed by atoms with Gasteiger partial charge in [0.05, 0.1) is 26.5 Å². The van der Waals surface area contributed by atoms with E-state index in [1.807, 2.05) is 43.3 Å². The van der Waals surface area contributed by atoms with Crippen LogP contribution in [0.5, 0.6) is 17.2 Å². The molecule has 0 aliphatic carbocycles. The van der Waals surface area contributed by atoms with Gasteiger partial charge in [0.1, 0.15) is 16.5 Å². The zero-order valence-electron chi connectivity index (χ0n) is 15.3. The second-order valence-electron chi connectivity index (χ2n) is 5.49. The van der Waals surface area contributed by atoms with Crippen molar-refractivity contribution in [1.29, 1.82) is 0 Å². The van der Waals surface area contributed by atoms with Crippen molar-refractivity contribution < 1.29 is 19.0 Å². The van der Waals surface area contributed by atoms with Crippen LogP contribution in [0.2, 0.25) is 0 Å². The molecule has 0 saturated carbocycles. The van der Waals surface area contributed by atoms with E-state index in [1.54, 1.807) is 25.7 Å². The van der Waals surface area contributed by atoms with Gasteiger partial charge in [-0.05, 0) is 37.3 Å². The van der Waals surface area contributed by atoms with Crippen LogP contribution in [-0.2, 0) is 0 Å². The number of amides is 1. The highest BCUT2D eigenvalue weighted by molar-refractivity contribution is 7.13. The Kier molecular flexibility index (Phi) is 5.93. The number of thiazole rings is 1. The van der Waals surface area contributed by atoms with Crippen LogP contribution in [0.25, 0.3) is 10.6 Å². The summed E-state index contributed by atoms with van der Waals surface area (Å²) < 4.78 is 16.1. The van der Waals surface area contributed by atoms with Gasteiger partial charge in [0, 0.05) is 10.9 Å². The van der Waals surface area contributed by atoms with Crippen LogP contribution in [0.3, 0.4) is 0 Å². The van der Waals surface area contributed by atoms with Crippen LogP contribution in [0.15, 0.2) is 47.8 Å². The summed E-state index contributed by atoms with van der Waals surface area (Å²) in [4.78, 5) is 17.0. The van der Waals surface area contributed by atoms with E-state index >= 15 is 0 Å². The Morgan fingerprint density at radius 3 is 2.59 bits per heavy atom. The Labute approximate surface area is 161 Å². The first kappa shape index (κ1) is 18.7. The maximum atomic E-state index is 12.6. The van der Waals surface area contributed by atoms with Gasteiger partial charge in [-0.25, -0.2) is 4.98 Å². The Morgan fingerprint density at radius 2 is 1.85 bits per heavy atom. The van der Waals surface area contributed by atoms with E-state index in [9.17, 15) is 4.79 Å². The van der Waals surface area contributed by atoms with Gasteiger partial charge >= 0.3 is 0 Å². The summed E-state index contributed by atoms with van der Waals surface area (Å²) >= 11 is 1.39. The normalized spacial score (nSPS) is 10.3. The molecule has 140 valence electrons. The van der Waals surface area contributed by atoms with Gasteiger partial charge in [0.15, 0.2) is 11.5 Å². The number of hydrogen-bond donors (Lipinski definition) is 1. The van der Waals surface area contributed by atoms with Crippen molar-refractivity contribution in [3.63, 3.8) is 0 Å². The SMILES string of the molecule is CCOc1ccccc1NC(=O)c1csc(-c2ccc(OC)c(OC)c2)n1. The molecule has 3 rings (SSSR count). The maximum absolute atomic E-state index is 12.6. The highest BCUT2D eigenvalue weighted by atomic mass is 32.1. The number of para-hydroxylation sites is 2. The van der Waals surface area contributed by atoms with E-state index in [-0.39, 0.29) is 5.91 Å². The molecule has 0 unspecified atom stereocenters. The summed E-state index contributed by atoms with van der Waals surface area (Å²) in [5, 5.41) is 5.30. The molecular weight excluding hydrogens is 364 g/mol. The Morgan fingerprint density at radius 1 is 1.07 bits per heavy atom. The number of methoxy groups -OCH3 is 2. The van der Waals surface area contributed by atoms with Gasteiger partial charge in [-0.15, -0.1) is 11.3 Å². The molecule has 0 radical (unpaired) electrons. The summed E-state index contributed by atoms with van der Waals surface area (Å²) in [6.45, 7) is 2.42. The first-order valence-electron chi connectivity index (χ1n) is 8.37. The topological polar surface area (TPSA) is 69.7 Å². The molecular formula is C20H20N2O4S. The first-order chi connectivity index (χ1) is 13.2. The molecule has 6 nitrogen and oxygen atoms in total. The van der Waals surface area contributed by atoms with Gasteiger partial charge in [-0.3, -0.25) is 4.79 Å². The lowest BCUT2D eigenvalue weighted by molar-refractivity contribution is 0.102. The van der Waals surface area contributed by atoms with Crippen molar-refractivity contribution in [1.82, 2.24) is 4.98 Å². The zero-order chi connectivity index (χ0) is 19.2. The maximum Gasteiger partial charge on any atom is 0.275 e. The molecule has 0 atom stereocenters. The van der Waals surface area contributed by atoms with Crippen LogP contribution in [0.1, 0.15) is 17.4 Å². The fourth-order valence-corrected chi connectivity index (χ4v) is 3.31. The predicted molar refractivity (Wildman–Crippen MR) is 106 cm³/mol. The van der Waals surface area contributed by atoms with Crippen LogP contribution in [-0.4, -0.2) is 31.7 Å². The van der Waals surface area contributed by atoms with E-state index in [0.717, 1.165) is 10.6 Å². The largest absolute Gasteiger partial charge is 0.493 e. The lowest BCUT2D eigenvalue weighted by atomic mass is 10.2. The number of carbonyl (C=O) groups is 1. The lowest BCUT2D eigenvalue weighted by Gasteiger charge is -2.10. The van der Waals surface area contributed by atoms with Crippen LogP contribution in [0.4, 0.5) is 5.69 Å². The van der Waals surface area contributed by atoms with E-state index in [2.05, 4.69) is 10.3 Å². The number of anilines is 1. The Bertz CT molecular complexity index is 939. The third-order valence-corrected chi connectivity index (χ3v) is 4.69. The fourth-order valence-electron chi connectivity index (χ4n) is 2.52. The fraction of sp³-hybridized carbons (Fsp3) is 0.200. The van der Waals surface area contributed by atoms with Gasteiger partial charge in [-0.2, -0.15) is 0 Å². The summed E-state index contributed by atoms with van der Waals surface area (Å²) in [6, 6.07) is 12.8. The molecule has 1 N–H and O–H groups in total. The molecule has 0 aliphatic heterocycles. The highest BCUT2D eigenvalue weighted by Crippen LogP contribution is 2.33. The summed E-state index contributed by atoms with van der Waals surface area (Å²) in [5.74, 6) is 1.60. The second kappa shape index (κ2) is 8.55. The molecule has 7 heteroatoms. The van der Waals surface area contributed by atoms with Crippen molar-refractivity contribution in [2.24, 2.45) is 0 Å². The van der Waals surface area contributed by atoms with Crippen molar-refractivity contribution in [3.05, 3.63) is 53.5 Å². The lowest BCUT2D eigenvalue weighted by Crippen LogP contribution is -2.13. The average Bonchev–Trinajstić information content (AvgIpc) is 3.19. The second-order valence-corrected chi connectivity index (χ2v) is 6.35. The molecule has 1 aromatic heterocycles. The van der Waals surface area contributed by atoms with Gasteiger partial charge in [0.25, 0.3) is 5.91 Å². The monoisotopic (exact) mass is 384 g/mol. The molecule has 0 spiro atoms. The summed E-state index contributed by atoms with van der Waals surface area (Å²) in [5.41, 5.74) is 1.81. The van der Waals surface area contributed by atoms with Gasteiger partial charge in [0.2, 0.25) is 0 Å². The van der Waals surface area contributed by atoms with E-state index in [1.165, 1.54) is 11.3 Å². The van der Waals surface area contributed by atoms with Gasteiger partial charge in [-0.1, -0.05) is 12.1 Å². The van der Waals surface area contributed by atoms with Crippen LogP contribution < -0.4 is 19.5 Å². The average molecular weight is 384 g/mol.